The molecule has 1 rings (SSSR count). The van der Waals surface area contributed by atoms with Gasteiger partial charge in [0.05, 0.1) is 0 Å². The molecule has 0 bridgehead atoms. The van der Waals surface area contributed by atoms with Crippen molar-refractivity contribution >= 4 is 11.6 Å². The number of benzene rings is 1. The molecule has 0 amide bonds. The molecule has 1 aromatic rings. The normalized spacial score (nSPS) is 11.1. The summed E-state index contributed by atoms with van der Waals surface area (Å²) in [6.07, 6.45) is 0.0902. The Labute approximate surface area is 100 Å². The summed E-state index contributed by atoms with van der Waals surface area (Å²) >= 11 is 5.96. The van der Waals surface area contributed by atoms with E-state index in [1.165, 1.54) is 12.1 Å². The summed E-state index contributed by atoms with van der Waals surface area (Å²) in [5, 5.41) is 0.533. The van der Waals surface area contributed by atoms with Crippen LogP contribution in [0.2, 0.25) is 5.02 Å². The second kappa shape index (κ2) is 6.84. The molecule has 0 aliphatic heterocycles. The highest BCUT2D eigenvalue weighted by Gasteiger charge is 2.12. The SMILES string of the molecule is CCOC(Cc1cc(F)ccc1Cl)OCC. The van der Waals surface area contributed by atoms with E-state index in [0.717, 1.165) is 0 Å². The van der Waals surface area contributed by atoms with Crippen LogP contribution in [-0.2, 0) is 15.9 Å². The van der Waals surface area contributed by atoms with Crippen molar-refractivity contribution in [3.63, 3.8) is 0 Å². The van der Waals surface area contributed by atoms with Gasteiger partial charge in [0.15, 0.2) is 6.29 Å². The molecule has 0 radical (unpaired) electrons. The van der Waals surface area contributed by atoms with Crippen molar-refractivity contribution in [2.45, 2.75) is 26.6 Å². The fraction of sp³-hybridized carbons (Fsp3) is 0.500. The Morgan fingerprint density at radius 2 is 1.88 bits per heavy atom. The van der Waals surface area contributed by atoms with Crippen molar-refractivity contribution in [3.05, 3.63) is 34.6 Å². The van der Waals surface area contributed by atoms with Crippen molar-refractivity contribution in [3.8, 4) is 0 Å². The van der Waals surface area contributed by atoms with Crippen molar-refractivity contribution < 1.29 is 13.9 Å². The van der Waals surface area contributed by atoms with Crippen LogP contribution in [0, 0.1) is 5.82 Å². The van der Waals surface area contributed by atoms with Gasteiger partial charge in [0.25, 0.3) is 0 Å². The summed E-state index contributed by atoms with van der Waals surface area (Å²) in [4.78, 5) is 0. The van der Waals surface area contributed by atoms with Gasteiger partial charge < -0.3 is 9.47 Å². The van der Waals surface area contributed by atoms with Crippen LogP contribution in [0.1, 0.15) is 19.4 Å². The van der Waals surface area contributed by atoms with Crippen molar-refractivity contribution in [1.29, 1.82) is 0 Å². The maximum Gasteiger partial charge on any atom is 0.161 e. The van der Waals surface area contributed by atoms with Gasteiger partial charge in [-0.3, -0.25) is 0 Å². The number of rotatable bonds is 6. The predicted octanol–water partition coefficient (Wildman–Crippen LogP) is 3.42. The van der Waals surface area contributed by atoms with Crippen LogP contribution < -0.4 is 0 Å². The summed E-state index contributed by atoms with van der Waals surface area (Å²) in [7, 11) is 0. The minimum Gasteiger partial charge on any atom is -0.353 e. The summed E-state index contributed by atoms with van der Waals surface area (Å²) in [5.41, 5.74) is 0.702. The zero-order valence-electron chi connectivity index (χ0n) is 9.50. The Morgan fingerprint density at radius 3 is 2.44 bits per heavy atom. The highest BCUT2D eigenvalue weighted by atomic mass is 35.5. The molecule has 0 fully saturated rings. The Hall–Kier alpha value is -0.640. The number of halogens is 2. The molecule has 0 heterocycles. The van der Waals surface area contributed by atoms with Gasteiger partial charge >= 0.3 is 0 Å². The third-order valence-corrected chi connectivity index (χ3v) is 2.47. The summed E-state index contributed by atoms with van der Waals surface area (Å²) < 4.78 is 23.8. The van der Waals surface area contributed by atoms with Crippen LogP contribution in [0.3, 0.4) is 0 Å². The standard InChI is InChI=1S/C12H16ClFO2/c1-3-15-12(16-4-2)8-9-7-10(14)5-6-11(9)13/h5-7,12H,3-4,8H2,1-2H3. The quantitative estimate of drug-likeness (QED) is 0.716. The highest BCUT2D eigenvalue weighted by molar-refractivity contribution is 6.31. The summed E-state index contributed by atoms with van der Waals surface area (Å²) in [5.74, 6) is -0.300. The van der Waals surface area contributed by atoms with E-state index in [9.17, 15) is 4.39 Å². The molecule has 90 valence electrons. The van der Waals surface area contributed by atoms with Gasteiger partial charge in [0.1, 0.15) is 5.82 Å². The van der Waals surface area contributed by atoms with Crippen LogP contribution in [-0.4, -0.2) is 19.5 Å². The monoisotopic (exact) mass is 246 g/mol. The van der Waals surface area contributed by atoms with E-state index in [-0.39, 0.29) is 12.1 Å². The van der Waals surface area contributed by atoms with E-state index in [1.54, 1.807) is 6.07 Å². The second-order valence-corrected chi connectivity index (χ2v) is 3.69. The third-order valence-electron chi connectivity index (χ3n) is 2.10. The lowest BCUT2D eigenvalue weighted by Gasteiger charge is -2.17. The largest absolute Gasteiger partial charge is 0.353 e. The van der Waals surface area contributed by atoms with Crippen LogP contribution in [0.25, 0.3) is 0 Å². The van der Waals surface area contributed by atoms with E-state index in [1.807, 2.05) is 13.8 Å². The van der Waals surface area contributed by atoms with Gasteiger partial charge in [-0.15, -0.1) is 0 Å². The Bertz CT molecular complexity index is 325. The molecule has 0 unspecified atom stereocenters. The fourth-order valence-corrected chi connectivity index (χ4v) is 1.61. The highest BCUT2D eigenvalue weighted by Crippen LogP contribution is 2.19. The van der Waals surface area contributed by atoms with Gasteiger partial charge in [-0.05, 0) is 37.6 Å². The zero-order chi connectivity index (χ0) is 12.0. The van der Waals surface area contributed by atoms with E-state index in [0.29, 0.717) is 30.2 Å². The summed E-state index contributed by atoms with van der Waals surface area (Å²) in [6, 6.07) is 4.29. The molecule has 0 atom stereocenters. The topological polar surface area (TPSA) is 18.5 Å². The third kappa shape index (κ3) is 4.08. The molecular formula is C12H16ClFO2. The average molecular weight is 247 g/mol. The molecule has 0 N–H and O–H groups in total. The molecule has 2 nitrogen and oxygen atoms in total. The Morgan fingerprint density at radius 1 is 1.25 bits per heavy atom. The van der Waals surface area contributed by atoms with Crippen LogP contribution in [0.5, 0.6) is 0 Å². The predicted molar refractivity (Wildman–Crippen MR) is 62.2 cm³/mol. The van der Waals surface area contributed by atoms with E-state index in [2.05, 4.69) is 0 Å². The lowest BCUT2D eigenvalue weighted by Crippen LogP contribution is -2.20. The van der Waals surface area contributed by atoms with Crippen LogP contribution >= 0.6 is 11.6 Å². The molecule has 0 spiro atoms. The lowest BCUT2D eigenvalue weighted by atomic mass is 10.1. The van der Waals surface area contributed by atoms with Gasteiger partial charge in [0, 0.05) is 24.7 Å². The zero-order valence-corrected chi connectivity index (χ0v) is 10.3. The molecular weight excluding hydrogens is 231 g/mol. The fourth-order valence-electron chi connectivity index (χ4n) is 1.42. The molecule has 4 heteroatoms. The van der Waals surface area contributed by atoms with Gasteiger partial charge in [-0.25, -0.2) is 4.39 Å². The molecule has 16 heavy (non-hydrogen) atoms. The first-order valence-electron chi connectivity index (χ1n) is 5.34. The van der Waals surface area contributed by atoms with E-state index >= 15 is 0 Å². The van der Waals surface area contributed by atoms with Gasteiger partial charge in [0.2, 0.25) is 0 Å². The first-order chi connectivity index (χ1) is 7.67. The van der Waals surface area contributed by atoms with Gasteiger partial charge in [-0.2, -0.15) is 0 Å². The minimum absolute atomic E-state index is 0.300. The number of hydrogen-bond donors (Lipinski definition) is 0. The Kier molecular flexibility index (Phi) is 5.74. The molecule has 0 aliphatic rings. The summed E-state index contributed by atoms with van der Waals surface area (Å²) in [6.45, 7) is 4.88. The maximum absolute atomic E-state index is 13.0. The molecule has 0 aromatic heterocycles. The van der Waals surface area contributed by atoms with Crippen LogP contribution in [0.15, 0.2) is 18.2 Å². The molecule has 0 saturated heterocycles. The lowest BCUT2D eigenvalue weighted by molar-refractivity contribution is -0.134. The number of ether oxygens (including phenoxy) is 2. The molecule has 0 saturated carbocycles. The maximum atomic E-state index is 13.0. The van der Waals surface area contributed by atoms with E-state index in [4.69, 9.17) is 21.1 Å². The van der Waals surface area contributed by atoms with Crippen molar-refractivity contribution in [2.24, 2.45) is 0 Å². The minimum atomic E-state index is -0.366. The van der Waals surface area contributed by atoms with Crippen LogP contribution in [0.4, 0.5) is 4.39 Å². The smallest absolute Gasteiger partial charge is 0.161 e. The van der Waals surface area contributed by atoms with Crippen molar-refractivity contribution in [1.82, 2.24) is 0 Å². The number of hydrogen-bond acceptors (Lipinski definition) is 2. The Balaban J connectivity index is 2.71. The average Bonchev–Trinajstić information content (AvgIpc) is 2.24. The first-order valence-corrected chi connectivity index (χ1v) is 5.72. The molecule has 0 aliphatic carbocycles. The second-order valence-electron chi connectivity index (χ2n) is 3.28. The first kappa shape index (κ1) is 13.4. The molecule has 1 aromatic carbocycles. The van der Waals surface area contributed by atoms with Gasteiger partial charge in [-0.1, -0.05) is 11.6 Å². The van der Waals surface area contributed by atoms with Crippen molar-refractivity contribution in [2.75, 3.05) is 13.2 Å². The van der Waals surface area contributed by atoms with E-state index < -0.39 is 0 Å².